The SMILES string of the molecule is CN(C)CCn1ncc(Br)c1C(NN)C(F)(F)F. The van der Waals surface area contributed by atoms with E-state index in [0.717, 1.165) is 0 Å². The Morgan fingerprint density at radius 3 is 2.61 bits per heavy atom. The molecule has 0 aliphatic heterocycles. The first kappa shape index (κ1) is 15.4. The maximum absolute atomic E-state index is 12.8. The van der Waals surface area contributed by atoms with Gasteiger partial charge in [-0.05, 0) is 30.0 Å². The Morgan fingerprint density at radius 2 is 2.17 bits per heavy atom. The quantitative estimate of drug-likeness (QED) is 0.631. The molecular formula is C9H15BrF3N5. The van der Waals surface area contributed by atoms with Crippen molar-refractivity contribution in [1.82, 2.24) is 20.1 Å². The summed E-state index contributed by atoms with van der Waals surface area (Å²) in [5, 5.41) is 3.92. The summed E-state index contributed by atoms with van der Waals surface area (Å²) in [6.07, 6.45) is -3.14. The lowest BCUT2D eigenvalue weighted by Gasteiger charge is -2.21. The van der Waals surface area contributed by atoms with Gasteiger partial charge in [0.2, 0.25) is 0 Å². The molecule has 0 aliphatic carbocycles. The van der Waals surface area contributed by atoms with Crippen LogP contribution in [0.4, 0.5) is 13.2 Å². The number of hydrazine groups is 1. The van der Waals surface area contributed by atoms with Gasteiger partial charge in [-0.3, -0.25) is 10.5 Å². The molecular weight excluding hydrogens is 315 g/mol. The largest absolute Gasteiger partial charge is 0.410 e. The molecule has 0 saturated carbocycles. The van der Waals surface area contributed by atoms with Crippen LogP contribution in [0.2, 0.25) is 0 Å². The Hall–Kier alpha value is -0.640. The van der Waals surface area contributed by atoms with E-state index in [1.165, 1.54) is 10.9 Å². The highest BCUT2D eigenvalue weighted by Crippen LogP contribution is 2.35. The average molecular weight is 330 g/mol. The number of alkyl halides is 3. The first-order valence-corrected chi connectivity index (χ1v) is 5.95. The first-order valence-electron chi connectivity index (χ1n) is 5.16. The van der Waals surface area contributed by atoms with E-state index in [1.54, 1.807) is 5.43 Å². The molecule has 0 bridgehead atoms. The van der Waals surface area contributed by atoms with Crippen LogP contribution in [0.25, 0.3) is 0 Å². The summed E-state index contributed by atoms with van der Waals surface area (Å²) in [4.78, 5) is 1.86. The van der Waals surface area contributed by atoms with Gasteiger partial charge in [0.05, 0.1) is 22.9 Å². The third-order valence-corrected chi connectivity index (χ3v) is 2.97. The Balaban J connectivity index is 3.02. The summed E-state index contributed by atoms with van der Waals surface area (Å²) in [5.74, 6) is 5.00. The van der Waals surface area contributed by atoms with Crippen molar-refractivity contribution in [3.63, 3.8) is 0 Å². The van der Waals surface area contributed by atoms with Gasteiger partial charge in [0.1, 0.15) is 0 Å². The molecule has 1 aromatic rings. The second kappa shape index (κ2) is 6.00. The molecule has 0 fully saturated rings. The van der Waals surface area contributed by atoms with Crippen LogP contribution in [0.1, 0.15) is 11.7 Å². The van der Waals surface area contributed by atoms with Crippen LogP contribution in [-0.4, -0.2) is 41.5 Å². The van der Waals surface area contributed by atoms with Gasteiger partial charge in [0.15, 0.2) is 6.04 Å². The Morgan fingerprint density at radius 1 is 1.56 bits per heavy atom. The summed E-state index contributed by atoms with van der Waals surface area (Å²) < 4.78 is 40.1. The predicted octanol–water partition coefficient (Wildman–Crippen LogP) is 1.27. The van der Waals surface area contributed by atoms with E-state index in [4.69, 9.17) is 5.84 Å². The van der Waals surface area contributed by atoms with Crippen molar-refractivity contribution in [2.24, 2.45) is 5.84 Å². The zero-order chi connectivity index (χ0) is 13.9. The van der Waals surface area contributed by atoms with Crippen molar-refractivity contribution in [2.75, 3.05) is 20.6 Å². The Kier molecular flexibility index (Phi) is 5.14. The standard InChI is InChI=1S/C9H15BrF3N5/c1-17(2)3-4-18-7(6(10)5-15-18)8(16-14)9(11,12)13/h5,8,16H,3-4,14H2,1-2H3. The van der Waals surface area contributed by atoms with E-state index in [2.05, 4.69) is 21.0 Å². The van der Waals surface area contributed by atoms with E-state index < -0.39 is 12.2 Å². The third kappa shape index (κ3) is 3.67. The van der Waals surface area contributed by atoms with Gasteiger partial charge >= 0.3 is 6.18 Å². The molecule has 1 unspecified atom stereocenters. The molecule has 5 nitrogen and oxygen atoms in total. The molecule has 104 valence electrons. The van der Waals surface area contributed by atoms with Gasteiger partial charge in [-0.2, -0.15) is 18.3 Å². The highest BCUT2D eigenvalue weighted by Gasteiger charge is 2.43. The van der Waals surface area contributed by atoms with Crippen molar-refractivity contribution in [3.05, 3.63) is 16.4 Å². The number of likely N-dealkylation sites (N-methyl/N-ethyl adjacent to an activating group) is 1. The number of nitrogens with zero attached hydrogens (tertiary/aromatic N) is 3. The normalized spacial score (nSPS) is 14.2. The maximum atomic E-state index is 12.8. The average Bonchev–Trinajstić information content (AvgIpc) is 2.57. The summed E-state index contributed by atoms with van der Waals surface area (Å²) in [7, 11) is 3.67. The minimum atomic E-state index is -4.48. The molecule has 1 aromatic heterocycles. The number of hydrogen-bond donors (Lipinski definition) is 2. The molecule has 0 aromatic carbocycles. The van der Waals surface area contributed by atoms with Crippen LogP contribution in [0, 0.1) is 0 Å². The zero-order valence-electron chi connectivity index (χ0n) is 10.00. The van der Waals surface area contributed by atoms with Gasteiger partial charge < -0.3 is 4.90 Å². The molecule has 0 saturated heterocycles. The number of hydrogen-bond acceptors (Lipinski definition) is 4. The van der Waals surface area contributed by atoms with E-state index in [9.17, 15) is 13.2 Å². The molecule has 0 spiro atoms. The highest BCUT2D eigenvalue weighted by molar-refractivity contribution is 9.10. The zero-order valence-corrected chi connectivity index (χ0v) is 11.6. The topological polar surface area (TPSA) is 59.1 Å². The van der Waals surface area contributed by atoms with E-state index in [1.807, 2.05) is 19.0 Å². The molecule has 1 atom stereocenters. The van der Waals surface area contributed by atoms with Crippen LogP contribution in [-0.2, 0) is 6.54 Å². The Bertz CT molecular complexity index is 390. The minimum absolute atomic E-state index is 0.0214. The van der Waals surface area contributed by atoms with Crippen molar-refractivity contribution >= 4 is 15.9 Å². The fourth-order valence-corrected chi connectivity index (χ4v) is 1.99. The second-order valence-electron chi connectivity index (χ2n) is 4.05. The Labute approximate surface area is 111 Å². The van der Waals surface area contributed by atoms with Crippen LogP contribution in [0.3, 0.4) is 0 Å². The number of nitrogens with two attached hydrogens (primary N) is 1. The summed E-state index contributed by atoms with van der Waals surface area (Å²) in [5.41, 5.74) is 1.76. The van der Waals surface area contributed by atoms with Crippen molar-refractivity contribution < 1.29 is 13.2 Å². The van der Waals surface area contributed by atoms with Crippen LogP contribution >= 0.6 is 15.9 Å². The molecule has 1 rings (SSSR count). The highest BCUT2D eigenvalue weighted by atomic mass is 79.9. The number of aromatic nitrogens is 2. The second-order valence-corrected chi connectivity index (χ2v) is 4.90. The molecule has 18 heavy (non-hydrogen) atoms. The van der Waals surface area contributed by atoms with Crippen LogP contribution in [0.15, 0.2) is 10.7 Å². The van der Waals surface area contributed by atoms with Crippen LogP contribution in [0.5, 0.6) is 0 Å². The number of nitrogens with one attached hydrogen (secondary N) is 1. The predicted molar refractivity (Wildman–Crippen MR) is 64.6 cm³/mol. The minimum Gasteiger partial charge on any atom is -0.308 e. The first-order chi connectivity index (χ1) is 8.27. The third-order valence-electron chi connectivity index (χ3n) is 2.36. The van der Waals surface area contributed by atoms with E-state index in [-0.39, 0.29) is 10.2 Å². The van der Waals surface area contributed by atoms with Crippen molar-refractivity contribution in [3.8, 4) is 0 Å². The van der Waals surface area contributed by atoms with Gasteiger partial charge in [-0.1, -0.05) is 0 Å². The lowest BCUT2D eigenvalue weighted by Crippen LogP contribution is -2.40. The molecule has 1 heterocycles. The van der Waals surface area contributed by atoms with Crippen molar-refractivity contribution in [2.45, 2.75) is 18.8 Å². The monoisotopic (exact) mass is 329 g/mol. The summed E-state index contributed by atoms with van der Waals surface area (Å²) >= 11 is 3.07. The fraction of sp³-hybridized carbons (Fsp3) is 0.667. The van der Waals surface area contributed by atoms with Gasteiger partial charge in [-0.15, -0.1) is 0 Å². The van der Waals surface area contributed by atoms with E-state index >= 15 is 0 Å². The number of rotatable bonds is 5. The molecule has 0 aliphatic rings. The molecule has 0 amide bonds. The smallest absolute Gasteiger partial charge is 0.308 e. The molecule has 3 N–H and O–H groups in total. The molecule has 9 heteroatoms. The van der Waals surface area contributed by atoms with Gasteiger partial charge in [0.25, 0.3) is 0 Å². The van der Waals surface area contributed by atoms with E-state index in [0.29, 0.717) is 13.1 Å². The van der Waals surface area contributed by atoms with Crippen LogP contribution < -0.4 is 11.3 Å². The number of halogens is 4. The van der Waals surface area contributed by atoms with Crippen molar-refractivity contribution in [1.29, 1.82) is 0 Å². The summed E-state index contributed by atoms with van der Waals surface area (Å²) in [6.45, 7) is 0.929. The van der Waals surface area contributed by atoms with Gasteiger partial charge in [-0.25, -0.2) is 5.43 Å². The lowest BCUT2D eigenvalue weighted by atomic mass is 10.2. The fourth-order valence-electron chi connectivity index (χ4n) is 1.46. The summed E-state index contributed by atoms with van der Waals surface area (Å²) in [6, 6.07) is -1.95. The molecule has 0 radical (unpaired) electrons. The van der Waals surface area contributed by atoms with Gasteiger partial charge in [0, 0.05) is 6.54 Å². The maximum Gasteiger partial charge on any atom is 0.410 e. The lowest BCUT2D eigenvalue weighted by molar-refractivity contribution is -0.159.